The molecule has 0 saturated heterocycles. The number of rotatable bonds is 8. The molecule has 0 bridgehead atoms. The van der Waals surface area contributed by atoms with Gasteiger partial charge in [0.05, 0.1) is 5.56 Å². The second-order valence-corrected chi connectivity index (χ2v) is 10.9. The van der Waals surface area contributed by atoms with Gasteiger partial charge in [-0.3, -0.25) is 15.0 Å². The Kier molecular flexibility index (Phi) is 7.58. The van der Waals surface area contributed by atoms with Gasteiger partial charge in [-0.25, -0.2) is 4.79 Å². The molecule has 0 radical (unpaired) electrons. The Morgan fingerprint density at radius 2 is 1.66 bits per heavy atom. The summed E-state index contributed by atoms with van der Waals surface area (Å²) in [5.41, 5.74) is 10.2. The van der Waals surface area contributed by atoms with E-state index in [4.69, 9.17) is 15.9 Å². The average Bonchev–Trinajstić information content (AvgIpc) is 3.44. The average molecular weight is 569 g/mol. The van der Waals surface area contributed by atoms with Gasteiger partial charge < -0.3 is 26.2 Å². The van der Waals surface area contributed by atoms with Gasteiger partial charge in [0.25, 0.3) is 11.8 Å². The number of hydrogen-bond acceptors (Lipinski definition) is 6. The minimum Gasteiger partial charge on any atom is -0.488 e. The van der Waals surface area contributed by atoms with Crippen LogP contribution in [0.5, 0.6) is 5.75 Å². The zero-order valence-corrected chi connectivity index (χ0v) is 23.2. The van der Waals surface area contributed by atoms with Gasteiger partial charge in [0.1, 0.15) is 18.2 Å². The summed E-state index contributed by atoms with van der Waals surface area (Å²) in [6, 6.07) is 14.4. The van der Waals surface area contributed by atoms with Gasteiger partial charge in [-0.2, -0.15) is 11.3 Å². The summed E-state index contributed by atoms with van der Waals surface area (Å²) in [6.45, 7) is 4.74. The molecule has 2 heterocycles. The lowest BCUT2D eigenvalue weighted by molar-refractivity contribution is 0.0697. The molecular weight excluding hydrogens is 540 g/mol. The van der Waals surface area contributed by atoms with Gasteiger partial charge >= 0.3 is 5.97 Å². The van der Waals surface area contributed by atoms with Crippen LogP contribution >= 0.6 is 11.3 Å². The van der Waals surface area contributed by atoms with E-state index in [9.17, 15) is 19.5 Å². The van der Waals surface area contributed by atoms with Crippen molar-refractivity contribution < 1.29 is 24.2 Å². The molecule has 0 aliphatic carbocycles. The largest absolute Gasteiger partial charge is 0.488 e. The van der Waals surface area contributed by atoms with Gasteiger partial charge in [-0.1, -0.05) is 19.9 Å². The number of nitrogens with one attached hydrogen (secondary N) is 3. The predicted molar refractivity (Wildman–Crippen MR) is 159 cm³/mol. The van der Waals surface area contributed by atoms with Gasteiger partial charge in [-0.05, 0) is 76.3 Å². The van der Waals surface area contributed by atoms with Crippen molar-refractivity contribution in [1.29, 1.82) is 5.41 Å². The Bertz CT molecular complexity index is 1690. The van der Waals surface area contributed by atoms with E-state index in [1.807, 2.05) is 24.6 Å². The highest BCUT2D eigenvalue weighted by Gasteiger charge is 2.26. The Morgan fingerprint density at radius 3 is 2.34 bits per heavy atom. The number of nitrogens with two attached hydrogens (primary N) is 1. The number of hydrogen-bond donors (Lipinski definition) is 5. The van der Waals surface area contributed by atoms with Gasteiger partial charge in [0, 0.05) is 45.6 Å². The third-order valence-electron chi connectivity index (χ3n) is 6.71. The first-order valence-electron chi connectivity index (χ1n) is 12.9. The number of benzene rings is 3. The lowest BCUT2D eigenvalue weighted by Gasteiger charge is -2.22. The number of carbonyl (C=O) groups is 3. The monoisotopic (exact) mass is 568 g/mol. The predicted octanol–water partition coefficient (Wildman–Crippen LogP) is 5.59. The highest BCUT2D eigenvalue weighted by molar-refractivity contribution is 7.08. The summed E-state index contributed by atoms with van der Waals surface area (Å²) in [6.07, 6.45) is 0. The summed E-state index contributed by atoms with van der Waals surface area (Å²) < 4.78 is 6.01. The molecule has 1 aromatic heterocycles. The highest BCUT2D eigenvalue weighted by Crippen LogP contribution is 2.44. The van der Waals surface area contributed by atoms with Gasteiger partial charge in [0.15, 0.2) is 0 Å². The molecule has 208 valence electrons. The molecule has 10 heteroatoms. The van der Waals surface area contributed by atoms with Gasteiger partial charge in [0.2, 0.25) is 0 Å². The van der Waals surface area contributed by atoms with Crippen LogP contribution < -0.4 is 21.1 Å². The quantitative estimate of drug-likeness (QED) is 0.138. The molecule has 1 aliphatic rings. The van der Waals surface area contributed by atoms with E-state index in [-0.39, 0.29) is 39.9 Å². The summed E-state index contributed by atoms with van der Waals surface area (Å²) in [5.74, 6) is -1.40. The number of aromatic carboxylic acids is 1. The van der Waals surface area contributed by atoms with E-state index < -0.39 is 11.9 Å². The van der Waals surface area contributed by atoms with Crippen LogP contribution in [0.4, 0.5) is 5.69 Å². The standard InChI is InChI=1S/C31H28N4O5S/c1-16(2)12-34-29(36)18-5-8-21(25(9-18)31(38)39)22-11-27-23(26-15-41-14-19(26)13-40-27)10-24(22)30(37)35-20-6-3-17(4-7-20)28(32)33/h3-11,14-16H,12-13H2,1-2H3,(H3,32,33)(H,34,36)(H,35,37)(H,38,39). The molecule has 2 amide bonds. The lowest BCUT2D eigenvalue weighted by Crippen LogP contribution is -2.27. The van der Waals surface area contributed by atoms with Crippen molar-refractivity contribution >= 4 is 40.6 Å². The zero-order valence-electron chi connectivity index (χ0n) is 22.4. The molecule has 41 heavy (non-hydrogen) atoms. The van der Waals surface area contributed by atoms with Crippen molar-refractivity contribution in [1.82, 2.24) is 5.32 Å². The van der Waals surface area contributed by atoms with Crippen LogP contribution in [0.2, 0.25) is 0 Å². The fraction of sp³-hybridized carbons (Fsp3) is 0.161. The van der Waals surface area contributed by atoms with E-state index >= 15 is 0 Å². The van der Waals surface area contributed by atoms with Crippen LogP contribution in [-0.4, -0.2) is 35.3 Å². The van der Waals surface area contributed by atoms with Gasteiger partial charge in [-0.15, -0.1) is 0 Å². The lowest BCUT2D eigenvalue weighted by atomic mass is 9.89. The normalized spacial score (nSPS) is 11.7. The Balaban J connectivity index is 1.61. The molecular formula is C31H28N4O5S. The number of anilines is 1. The fourth-order valence-electron chi connectivity index (χ4n) is 4.58. The smallest absolute Gasteiger partial charge is 0.336 e. The molecule has 0 atom stereocenters. The number of amides is 2. The minimum atomic E-state index is -1.23. The van der Waals surface area contributed by atoms with Crippen molar-refractivity contribution in [2.24, 2.45) is 11.7 Å². The molecule has 0 saturated carbocycles. The molecule has 0 unspecified atom stereocenters. The summed E-state index contributed by atoms with van der Waals surface area (Å²) in [5, 5.41) is 27.4. The fourth-order valence-corrected chi connectivity index (χ4v) is 5.42. The van der Waals surface area contributed by atoms with Crippen molar-refractivity contribution in [2.75, 3.05) is 11.9 Å². The first kappa shape index (κ1) is 27.6. The SMILES string of the molecule is CC(C)CNC(=O)c1ccc(-c2cc3c(cc2C(=O)Nc2ccc(C(=N)N)cc2)-c2cscc2CO3)c(C(=O)O)c1. The zero-order chi connectivity index (χ0) is 29.3. The molecule has 0 spiro atoms. The Hall–Kier alpha value is -4.96. The Morgan fingerprint density at radius 1 is 0.927 bits per heavy atom. The van der Waals surface area contributed by atoms with E-state index in [1.165, 1.54) is 17.4 Å². The maximum Gasteiger partial charge on any atom is 0.336 e. The number of amidine groups is 1. The van der Waals surface area contributed by atoms with Crippen molar-refractivity contribution in [3.05, 3.63) is 93.2 Å². The third kappa shape index (κ3) is 5.68. The van der Waals surface area contributed by atoms with Crippen LogP contribution in [0.15, 0.2) is 65.4 Å². The molecule has 1 aliphatic heterocycles. The minimum absolute atomic E-state index is 0.0889. The number of carboxylic acid groups (broad SMARTS) is 1. The van der Waals surface area contributed by atoms with Crippen molar-refractivity contribution in [2.45, 2.75) is 20.5 Å². The number of thiophene rings is 1. The van der Waals surface area contributed by atoms with Crippen LogP contribution in [0.3, 0.4) is 0 Å². The third-order valence-corrected chi connectivity index (χ3v) is 7.50. The molecule has 5 rings (SSSR count). The number of fused-ring (bicyclic) bond motifs is 3. The highest BCUT2D eigenvalue weighted by atomic mass is 32.1. The molecule has 0 fully saturated rings. The molecule has 3 aromatic carbocycles. The van der Waals surface area contributed by atoms with Crippen LogP contribution in [0, 0.1) is 11.3 Å². The number of ether oxygens (including phenoxy) is 1. The van der Waals surface area contributed by atoms with E-state index in [1.54, 1.807) is 48.5 Å². The Labute approximate surface area is 240 Å². The number of carbonyl (C=O) groups excluding carboxylic acids is 2. The van der Waals surface area contributed by atoms with Crippen LogP contribution in [-0.2, 0) is 6.61 Å². The maximum atomic E-state index is 13.7. The van der Waals surface area contributed by atoms with Crippen molar-refractivity contribution in [3.63, 3.8) is 0 Å². The first-order chi connectivity index (χ1) is 19.6. The molecule has 4 aromatic rings. The topological polar surface area (TPSA) is 155 Å². The summed E-state index contributed by atoms with van der Waals surface area (Å²) in [7, 11) is 0. The first-order valence-corrected chi connectivity index (χ1v) is 13.8. The van der Waals surface area contributed by atoms with E-state index in [2.05, 4.69) is 10.6 Å². The van der Waals surface area contributed by atoms with E-state index in [0.29, 0.717) is 35.7 Å². The second kappa shape index (κ2) is 11.3. The number of carboxylic acids is 1. The van der Waals surface area contributed by atoms with Crippen LogP contribution in [0.1, 0.15) is 56.0 Å². The maximum absolute atomic E-state index is 13.7. The van der Waals surface area contributed by atoms with Crippen molar-refractivity contribution in [3.8, 4) is 28.0 Å². The summed E-state index contributed by atoms with van der Waals surface area (Å²) >= 11 is 1.53. The molecule has 9 nitrogen and oxygen atoms in total. The second-order valence-electron chi connectivity index (χ2n) is 10.1. The summed E-state index contributed by atoms with van der Waals surface area (Å²) in [4.78, 5) is 38.9. The van der Waals surface area contributed by atoms with Crippen LogP contribution in [0.25, 0.3) is 22.3 Å². The number of nitrogen functional groups attached to an aromatic ring is 1. The van der Waals surface area contributed by atoms with E-state index in [0.717, 1.165) is 16.7 Å². The molecule has 6 N–H and O–H groups in total.